The largest absolute Gasteiger partial charge is 0.457 e. The number of aromatic nitrogens is 3. The lowest BCUT2D eigenvalue weighted by Crippen LogP contribution is -2.38. The number of nitrogens with zero attached hydrogens (tertiary/aromatic N) is 4. The number of ether oxygens (including phenoxy) is 1. The quantitative estimate of drug-likeness (QED) is 0.431. The monoisotopic (exact) mass is 392 g/mol. The Morgan fingerprint density at radius 1 is 1.00 bits per heavy atom. The predicted octanol–water partition coefficient (Wildman–Crippen LogP) is 3.39. The van der Waals surface area contributed by atoms with E-state index in [4.69, 9.17) is 4.74 Å². The molecule has 0 aliphatic heterocycles. The third-order valence-electron chi connectivity index (χ3n) is 4.32. The molecule has 2 N–H and O–H groups in total. The summed E-state index contributed by atoms with van der Waals surface area (Å²) in [6, 6.07) is 17.8. The van der Waals surface area contributed by atoms with Gasteiger partial charge in [-0.25, -0.2) is 4.99 Å². The van der Waals surface area contributed by atoms with Gasteiger partial charge in [0, 0.05) is 26.1 Å². The fourth-order valence-corrected chi connectivity index (χ4v) is 2.83. The van der Waals surface area contributed by atoms with Crippen LogP contribution in [0.4, 0.5) is 0 Å². The molecule has 2 aromatic carbocycles. The van der Waals surface area contributed by atoms with Gasteiger partial charge in [0.15, 0.2) is 5.96 Å². The Labute approximate surface area is 171 Å². The van der Waals surface area contributed by atoms with E-state index < -0.39 is 0 Å². The molecule has 0 saturated heterocycles. The van der Waals surface area contributed by atoms with E-state index in [1.165, 1.54) is 0 Å². The second-order valence-corrected chi connectivity index (χ2v) is 6.48. The highest BCUT2D eigenvalue weighted by Crippen LogP contribution is 2.21. The van der Waals surface area contributed by atoms with Crippen LogP contribution in [0.2, 0.25) is 0 Å². The molecule has 0 spiro atoms. The summed E-state index contributed by atoms with van der Waals surface area (Å²) in [5.74, 6) is 3.43. The smallest absolute Gasteiger partial charge is 0.191 e. The van der Waals surface area contributed by atoms with Crippen LogP contribution in [0.3, 0.4) is 0 Å². The van der Waals surface area contributed by atoms with Crippen molar-refractivity contribution in [3.05, 3.63) is 72.3 Å². The standard InChI is InChI=1S/C22H28N6O/c1-3-21-27-26-17-28(21)15-14-24-22(23-4-2)25-16-18-10-12-20(13-11-18)29-19-8-6-5-7-9-19/h5-13,17H,3-4,14-16H2,1-2H3,(H2,23,24,25). The number of rotatable bonds is 9. The van der Waals surface area contributed by atoms with E-state index in [0.29, 0.717) is 6.54 Å². The van der Waals surface area contributed by atoms with Gasteiger partial charge in [-0.05, 0) is 36.8 Å². The van der Waals surface area contributed by atoms with Gasteiger partial charge in [-0.2, -0.15) is 0 Å². The van der Waals surface area contributed by atoms with Gasteiger partial charge in [0.2, 0.25) is 0 Å². The Kier molecular flexibility index (Phi) is 7.63. The number of aryl methyl sites for hydroxylation is 1. The molecule has 0 aliphatic rings. The van der Waals surface area contributed by atoms with Gasteiger partial charge < -0.3 is 19.9 Å². The van der Waals surface area contributed by atoms with Crippen molar-refractivity contribution in [2.75, 3.05) is 13.1 Å². The van der Waals surface area contributed by atoms with Crippen LogP contribution < -0.4 is 15.4 Å². The Balaban J connectivity index is 1.52. The highest BCUT2D eigenvalue weighted by Gasteiger charge is 2.03. The van der Waals surface area contributed by atoms with Crippen LogP contribution in [-0.2, 0) is 19.5 Å². The van der Waals surface area contributed by atoms with Crippen molar-refractivity contribution in [3.63, 3.8) is 0 Å². The highest BCUT2D eigenvalue weighted by atomic mass is 16.5. The highest BCUT2D eigenvalue weighted by molar-refractivity contribution is 5.79. The molecule has 0 atom stereocenters. The summed E-state index contributed by atoms with van der Waals surface area (Å²) in [5.41, 5.74) is 1.12. The average molecular weight is 393 g/mol. The first kappa shape index (κ1) is 20.4. The van der Waals surface area contributed by atoms with Crippen LogP contribution in [0.15, 0.2) is 65.9 Å². The third kappa shape index (κ3) is 6.34. The lowest BCUT2D eigenvalue weighted by molar-refractivity contribution is 0.482. The minimum atomic E-state index is 0.591. The topological polar surface area (TPSA) is 76.4 Å². The summed E-state index contributed by atoms with van der Waals surface area (Å²) in [4.78, 5) is 4.67. The second-order valence-electron chi connectivity index (χ2n) is 6.48. The van der Waals surface area contributed by atoms with E-state index >= 15 is 0 Å². The van der Waals surface area contributed by atoms with E-state index in [0.717, 1.165) is 54.9 Å². The molecule has 0 amide bonds. The van der Waals surface area contributed by atoms with Crippen molar-refractivity contribution in [2.45, 2.75) is 33.4 Å². The SMILES string of the molecule is CCNC(=NCc1ccc(Oc2ccccc2)cc1)NCCn1cnnc1CC. The van der Waals surface area contributed by atoms with Crippen LogP contribution in [0.1, 0.15) is 25.2 Å². The van der Waals surface area contributed by atoms with Gasteiger partial charge in [0.1, 0.15) is 23.7 Å². The molecule has 29 heavy (non-hydrogen) atoms. The predicted molar refractivity (Wildman–Crippen MR) is 115 cm³/mol. The zero-order valence-electron chi connectivity index (χ0n) is 17.0. The minimum absolute atomic E-state index is 0.591. The molecule has 0 aliphatic carbocycles. The number of hydrogen-bond acceptors (Lipinski definition) is 4. The summed E-state index contributed by atoms with van der Waals surface area (Å²) in [7, 11) is 0. The summed E-state index contributed by atoms with van der Waals surface area (Å²) in [6.45, 7) is 7.08. The van der Waals surface area contributed by atoms with Gasteiger partial charge in [-0.1, -0.05) is 37.3 Å². The number of hydrogen-bond donors (Lipinski definition) is 2. The molecule has 0 fully saturated rings. The molecular weight excluding hydrogens is 364 g/mol. The lowest BCUT2D eigenvalue weighted by atomic mass is 10.2. The Morgan fingerprint density at radius 2 is 1.76 bits per heavy atom. The van der Waals surface area contributed by atoms with Gasteiger partial charge in [0.25, 0.3) is 0 Å². The average Bonchev–Trinajstić information content (AvgIpc) is 3.21. The molecule has 7 nitrogen and oxygen atoms in total. The molecule has 0 bridgehead atoms. The summed E-state index contributed by atoms with van der Waals surface area (Å²) >= 11 is 0. The first-order valence-electron chi connectivity index (χ1n) is 9.99. The van der Waals surface area contributed by atoms with E-state index in [2.05, 4.69) is 44.2 Å². The van der Waals surface area contributed by atoms with E-state index in [1.807, 2.05) is 54.6 Å². The summed E-state index contributed by atoms with van der Waals surface area (Å²) in [5, 5.41) is 14.7. The number of nitrogens with one attached hydrogen (secondary N) is 2. The van der Waals surface area contributed by atoms with Crippen LogP contribution in [0.25, 0.3) is 0 Å². The van der Waals surface area contributed by atoms with Gasteiger partial charge >= 0.3 is 0 Å². The van der Waals surface area contributed by atoms with E-state index in [1.54, 1.807) is 6.33 Å². The lowest BCUT2D eigenvalue weighted by Gasteiger charge is -2.12. The fourth-order valence-electron chi connectivity index (χ4n) is 2.83. The zero-order chi connectivity index (χ0) is 20.3. The number of benzene rings is 2. The fraction of sp³-hybridized carbons (Fsp3) is 0.318. The first-order valence-corrected chi connectivity index (χ1v) is 9.99. The maximum absolute atomic E-state index is 5.83. The molecular formula is C22H28N6O. The molecule has 0 unspecified atom stereocenters. The van der Waals surface area contributed by atoms with Gasteiger partial charge in [-0.3, -0.25) is 0 Å². The molecule has 7 heteroatoms. The molecule has 1 aromatic heterocycles. The Bertz CT molecular complexity index is 889. The van der Waals surface area contributed by atoms with Crippen molar-refractivity contribution < 1.29 is 4.74 Å². The number of para-hydroxylation sites is 1. The minimum Gasteiger partial charge on any atom is -0.457 e. The molecule has 3 rings (SSSR count). The van der Waals surface area contributed by atoms with Crippen molar-refractivity contribution in [1.82, 2.24) is 25.4 Å². The van der Waals surface area contributed by atoms with E-state index in [-0.39, 0.29) is 0 Å². The number of aliphatic imine (C=N–C) groups is 1. The zero-order valence-corrected chi connectivity index (χ0v) is 17.0. The van der Waals surface area contributed by atoms with Gasteiger partial charge in [-0.15, -0.1) is 10.2 Å². The Hall–Kier alpha value is -3.35. The van der Waals surface area contributed by atoms with Crippen LogP contribution in [0, 0.1) is 0 Å². The van der Waals surface area contributed by atoms with Gasteiger partial charge in [0.05, 0.1) is 6.54 Å². The van der Waals surface area contributed by atoms with Crippen LogP contribution in [-0.4, -0.2) is 33.8 Å². The molecule has 1 heterocycles. The molecule has 152 valence electrons. The van der Waals surface area contributed by atoms with Crippen molar-refractivity contribution in [1.29, 1.82) is 0 Å². The van der Waals surface area contributed by atoms with Crippen LogP contribution >= 0.6 is 0 Å². The van der Waals surface area contributed by atoms with E-state index in [9.17, 15) is 0 Å². The van der Waals surface area contributed by atoms with Crippen LogP contribution in [0.5, 0.6) is 11.5 Å². The Morgan fingerprint density at radius 3 is 2.48 bits per heavy atom. The van der Waals surface area contributed by atoms with Crippen molar-refractivity contribution >= 4 is 5.96 Å². The molecule has 3 aromatic rings. The first-order chi connectivity index (χ1) is 14.3. The van der Waals surface area contributed by atoms with Crippen molar-refractivity contribution in [2.24, 2.45) is 4.99 Å². The summed E-state index contributed by atoms with van der Waals surface area (Å²) < 4.78 is 7.89. The third-order valence-corrected chi connectivity index (χ3v) is 4.32. The molecule has 0 saturated carbocycles. The summed E-state index contributed by atoms with van der Waals surface area (Å²) in [6.07, 6.45) is 2.64. The number of guanidine groups is 1. The molecule has 0 radical (unpaired) electrons. The normalized spacial score (nSPS) is 11.3. The maximum Gasteiger partial charge on any atom is 0.191 e. The second kappa shape index (κ2) is 10.8. The van der Waals surface area contributed by atoms with Crippen molar-refractivity contribution in [3.8, 4) is 11.5 Å². The maximum atomic E-state index is 5.83.